The molecule has 1 aromatic rings. The molecular weight excluding hydrogens is 234 g/mol. The monoisotopic (exact) mass is 259 g/mol. The topological polar surface area (TPSA) is 23.5 Å². The first-order chi connectivity index (χ1) is 9.08. The maximum absolute atomic E-state index is 11.0. The van der Waals surface area contributed by atoms with Gasteiger partial charge in [-0.05, 0) is 49.3 Å². The van der Waals surface area contributed by atoms with E-state index in [0.717, 1.165) is 24.9 Å². The molecule has 1 N–H and O–H groups in total. The van der Waals surface area contributed by atoms with Crippen LogP contribution in [0.2, 0.25) is 0 Å². The highest BCUT2D eigenvalue weighted by Crippen LogP contribution is 2.39. The van der Waals surface area contributed by atoms with Crippen LogP contribution >= 0.6 is 0 Å². The van der Waals surface area contributed by atoms with E-state index in [1.54, 1.807) is 0 Å². The molecule has 2 unspecified atom stereocenters. The Morgan fingerprint density at radius 1 is 1.21 bits per heavy atom. The number of nitrogens with zero attached hydrogens (tertiary/aromatic N) is 1. The van der Waals surface area contributed by atoms with Gasteiger partial charge in [0.15, 0.2) is 0 Å². The highest BCUT2D eigenvalue weighted by Gasteiger charge is 2.41. The minimum absolute atomic E-state index is 0.556. The molecule has 2 saturated heterocycles. The van der Waals surface area contributed by atoms with Crippen LogP contribution in [0.1, 0.15) is 56.6 Å². The number of rotatable bonds is 2. The van der Waals surface area contributed by atoms with Gasteiger partial charge in [-0.1, -0.05) is 38.1 Å². The van der Waals surface area contributed by atoms with Crippen molar-refractivity contribution in [2.24, 2.45) is 0 Å². The molecule has 2 fully saturated rings. The molecule has 0 aromatic heterocycles. The molecule has 0 spiro atoms. The molecule has 0 amide bonds. The van der Waals surface area contributed by atoms with Crippen LogP contribution in [0.25, 0.3) is 0 Å². The van der Waals surface area contributed by atoms with Crippen molar-refractivity contribution in [2.45, 2.75) is 57.1 Å². The van der Waals surface area contributed by atoms with Gasteiger partial charge < -0.3 is 10.0 Å². The fourth-order valence-electron chi connectivity index (χ4n) is 3.68. The zero-order valence-corrected chi connectivity index (χ0v) is 12.1. The Balaban J connectivity index is 1.80. The molecule has 2 atom stereocenters. The molecule has 0 saturated carbocycles. The SMILES string of the molecule is CC(C)c1ccc(C2(O)CCN3CCCC3C2)cc1. The number of benzene rings is 1. The van der Waals surface area contributed by atoms with Crippen molar-refractivity contribution in [1.82, 2.24) is 4.90 Å². The van der Waals surface area contributed by atoms with Crippen molar-refractivity contribution in [3.8, 4) is 0 Å². The second-order valence-electron chi connectivity index (χ2n) is 6.59. The van der Waals surface area contributed by atoms with Gasteiger partial charge in [0, 0.05) is 12.6 Å². The molecule has 2 heteroatoms. The van der Waals surface area contributed by atoms with Gasteiger partial charge in [-0.2, -0.15) is 0 Å². The van der Waals surface area contributed by atoms with Gasteiger partial charge in [-0.3, -0.25) is 0 Å². The van der Waals surface area contributed by atoms with Gasteiger partial charge in [0.2, 0.25) is 0 Å². The Morgan fingerprint density at radius 2 is 1.95 bits per heavy atom. The smallest absolute Gasteiger partial charge is 0.0923 e. The van der Waals surface area contributed by atoms with E-state index in [4.69, 9.17) is 0 Å². The van der Waals surface area contributed by atoms with Gasteiger partial charge in [0.25, 0.3) is 0 Å². The van der Waals surface area contributed by atoms with E-state index < -0.39 is 5.60 Å². The Morgan fingerprint density at radius 3 is 2.63 bits per heavy atom. The highest BCUT2D eigenvalue weighted by atomic mass is 16.3. The lowest BCUT2D eigenvalue weighted by Crippen LogP contribution is -2.45. The molecule has 19 heavy (non-hydrogen) atoms. The zero-order chi connectivity index (χ0) is 13.5. The van der Waals surface area contributed by atoms with Crippen molar-refractivity contribution in [1.29, 1.82) is 0 Å². The third kappa shape index (κ3) is 2.44. The van der Waals surface area contributed by atoms with Crippen LogP contribution in [0.4, 0.5) is 0 Å². The van der Waals surface area contributed by atoms with E-state index in [1.165, 1.54) is 24.9 Å². The lowest BCUT2D eigenvalue weighted by molar-refractivity contribution is -0.0409. The molecule has 2 nitrogen and oxygen atoms in total. The number of hydrogen-bond donors (Lipinski definition) is 1. The Labute approximate surface area is 116 Å². The van der Waals surface area contributed by atoms with Crippen LogP contribution < -0.4 is 0 Å². The van der Waals surface area contributed by atoms with Gasteiger partial charge in [-0.25, -0.2) is 0 Å². The average molecular weight is 259 g/mol. The number of aliphatic hydroxyl groups is 1. The van der Waals surface area contributed by atoms with Crippen LogP contribution in [-0.2, 0) is 5.60 Å². The molecule has 1 aromatic carbocycles. The van der Waals surface area contributed by atoms with Crippen LogP contribution in [0, 0.1) is 0 Å². The van der Waals surface area contributed by atoms with Gasteiger partial charge >= 0.3 is 0 Å². The maximum Gasteiger partial charge on any atom is 0.0923 e. The van der Waals surface area contributed by atoms with Crippen LogP contribution in [0.3, 0.4) is 0 Å². The van der Waals surface area contributed by atoms with E-state index in [-0.39, 0.29) is 0 Å². The third-order valence-corrected chi connectivity index (χ3v) is 5.00. The summed E-state index contributed by atoms with van der Waals surface area (Å²) >= 11 is 0. The third-order valence-electron chi connectivity index (χ3n) is 5.00. The average Bonchev–Trinajstić information content (AvgIpc) is 2.86. The first-order valence-electron chi connectivity index (χ1n) is 7.65. The van der Waals surface area contributed by atoms with Crippen LogP contribution in [0.15, 0.2) is 24.3 Å². The number of fused-ring (bicyclic) bond motifs is 1. The van der Waals surface area contributed by atoms with E-state index in [2.05, 4.69) is 43.0 Å². The van der Waals surface area contributed by atoms with E-state index in [9.17, 15) is 5.11 Å². The fraction of sp³-hybridized carbons (Fsp3) is 0.647. The van der Waals surface area contributed by atoms with Crippen LogP contribution in [0.5, 0.6) is 0 Å². The van der Waals surface area contributed by atoms with E-state index in [1.807, 2.05) is 0 Å². The summed E-state index contributed by atoms with van der Waals surface area (Å²) in [4.78, 5) is 2.55. The molecule has 0 aliphatic carbocycles. The predicted molar refractivity (Wildman–Crippen MR) is 78.3 cm³/mol. The number of hydrogen-bond acceptors (Lipinski definition) is 2. The molecule has 104 valence electrons. The first kappa shape index (κ1) is 13.1. The summed E-state index contributed by atoms with van der Waals surface area (Å²) in [5.74, 6) is 0.556. The summed E-state index contributed by atoms with van der Waals surface area (Å²) in [7, 11) is 0. The summed E-state index contributed by atoms with van der Waals surface area (Å²) in [6.07, 6.45) is 4.35. The van der Waals surface area contributed by atoms with Crippen molar-refractivity contribution in [2.75, 3.05) is 13.1 Å². The van der Waals surface area contributed by atoms with E-state index >= 15 is 0 Å². The van der Waals surface area contributed by atoms with Gasteiger partial charge in [0.05, 0.1) is 5.60 Å². The predicted octanol–water partition coefficient (Wildman–Crippen LogP) is 3.26. The standard InChI is InChI=1S/C17H25NO/c1-13(2)14-5-7-15(8-6-14)17(19)9-11-18-10-3-4-16(18)12-17/h5-8,13,16,19H,3-4,9-12H2,1-2H3. The Hall–Kier alpha value is -0.860. The van der Waals surface area contributed by atoms with Gasteiger partial charge in [0.1, 0.15) is 0 Å². The van der Waals surface area contributed by atoms with Crippen LogP contribution in [-0.4, -0.2) is 29.1 Å². The Bertz CT molecular complexity index is 439. The maximum atomic E-state index is 11.0. The number of piperidine rings is 1. The van der Waals surface area contributed by atoms with Gasteiger partial charge in [-0.15, -0.1) is 0 Å². The lowest BCUT2D eigenvalue weighted by atomic mass is 9.80. The lowest BCUT2D eigenvalue weighted by Gasteiger charge is -2.41. The van der Waals surface area contributed by atoms with Crippen molar-refractivity contribution in [3.63, 3.8) is 0 Å². The zero-order valence-electron chi connectivity index (χ0n) is 12.1. The second kappa shape index (κ2) is 4.92. The fourth-order valence-corrected chi connectivity index (χ4v) is 3.68. The van der Waals surface area contributed by atoms with Crippen molar-refractivity contribution >= 4 is 0 Å². The van der Waals surface area contributed by atoms with E-state index in [0.29, 0.717) is 12.0 Å². The summed E-state index contributed by atoms with van der Waals surface area (Å²) < 4.78 is 0. The minimum atomic E-state index is -0.596. The van der Waals surface area contributed by atoms with Crippen molar-refractivity contribution in [3.05, 3.63) is 35.4 Å². The normalized spacial score (nSPS) is 31.7. The second-order valence-corrected chi connectivity index (χ2v) is 6.59. The molecule has 2 aliphatic heterocycles. The molecule has 3 rings (SSSR count). The van der Waals surface area contributed by atoms with Crippen molar-refractivity contribution < 1.29 is 5.11 Å². The molecular formula is C17H25NO. The quantitative estimate of drug-likeness (QED) is 0.881. The highest BCUT2D eigenvalue weighted by molar-refractivity contribution is 5.29. The summed E-state index contributed by atoms with van der Waals surface area (Å²) in [6.45, 7) is 6.70. The molecule has 0 bridgehead atoms. The Kier molecular flexibility index (Phi) is 3.40. The molecule has 2 aliphatic rings. The summed E-state index contributed by atoms with van der Waals surface area (Å²) in [5, 5.41) is 11.0. The summed E-state index contributed by atoms with van der Waals surface area (Å²) in [5.41, 5.74) is 1.87. The molecule has 0 radical (unpaired) electrons. The molecule has 2 heterocycles. The largest absolute Gasteiger partial charge is 0.385 e. The summed E-state index contributed by atoms with van der Waals surface area (Å²) in [6, 6.07) is 9.24. The first-order valence-corrected chi connectivity index (χ1v) is 7.65. The minimum Gasteiger partial charge on any atom is -0.385 e.